The lowest BCUT2D eigenvalue weighted by Gasteiger charge is -1.98. The maximum absolute atomic E-state index is 10.5. The Morgan fingerprint density at radius 3 is 1.68 bits per heavy atom. The Bertz CT molecular complexity index is 282. The van der Waals surface area contributed by atoms with E-state index in [1.54, 1.807) is 13.8 Å². The van der Waals surface area contributed by atoms with Gasteiger partial charge >= 0.3 is 5.97 Å². The lowest BCUT2D eigenvalue weighted by molar-refractivity contribution is -0.138. The predicted octanol–water partition coefficient (Wildman–Crippen LogP) is 3.14. The van der Waals surface area contributed by atoms with Crippen molar-refractivity contribution in [3.05, 3.63) is 24.3 Å². The zero-order valence-corrected chi connectivity index (χ0v) is 13.3. The summed E-state index contributed by atoms with van der Waals surface area (Å²) in [5, 5.41) is 7.28. The Hall–Kier alpha value is -0.550. The number of aliphatic hydroxyl groups excluding tert-OH is 1. The van der Waals surface area contributed by atoms with Crippen LogP contribution in [0.5, 0.6) is 0 Å². The number of ether oxygens (including phenoxy) is 1. The van der Waals surface area contributed by atoms with Gasteiger partial charge in [-0.1, -0.05) is 13.2 Å². The first kappa shape index (κ1) is 23.5. The van der Waals surface area contributed by atoms with Crippen molar-refractivity contribution >= 4 is 46.0 Å². The van der Waals surface area contributed by atoms with Gasteiger partial charge < -0.3 is 9.84 Å². The average molecular weight is 337 g/mol. The highest BCUT2D eigenvalue weighted by molar-refractivity contribution is 6.67. The van der Waals surface area contributed by atoms with Crippen LogP contribution in [0.3, 0.4) is 0 Å². The molecule has 1 N–H and O–H groups in total. The van der Waals surface area contributed by atoms with Gasteiger partial charge in [0, 0.05) is 18.5 Å². The van der Waals surface area contributed by atoms with Crippen LogP contribution in [0, 0.1) is 0 Å². The molecule has 0 saturated heterocycles. The largest absolute Gasteiger partial charge is 0.461 e. The minimum absolute atomic E-state index is 0. The molecule has 19 heavy (non-hydrogen) atoms. The minimum atomic E-state index is -0.463. The van der Waals surface area contributed by atoms with Gasteiger partial charge in [-0.3, -0.25) is 4.79 Å². The molecule has 0 spiro atoms. The zero-order chi connectivity index (χ0) is 15.8. The van der Waals surface area contributed by atoms with Crippen LogP contribution in [0.25, 0.3) is 0 Å². The molecule has 0 amide bonds. The topological polar surface area (TPSA) is 63.6 Å². The number of hydrogen-bond donors (Lipinski definition) is 1. The molecule has 0 aromatic carbocycles. The zero-order valence-electron chi connectivity index (χ0n) is 11.0. The van der Waals surface area contributed by atoms with Crippen molar-refractivity contribution in [1.82, 2.24) is 0 Å². The number of allylic oxidation sites excluding steroid dienone is 1. The summed E-state index contributed by atoms with van der Waals surface area (Å²) < 4.78 is 4.58. The van der Waals surface area contributed by atoms with E-state index in [0.29, 0.717) is 22.9 Å². The first-order chi connectivity index (χ1) is 8.74. The summed E-state index contributed by atoms with van der Waals surface area (Å²) in [6.45, 7) is 10.2. The Labute approximate surface area is 130 Å². The second-order valence-corrected chi connectivity index (χ2v) is 4.17. The van der Waals surface area contributed by atoms with Crippen LogP contribution in [0.4, 0.5) is 0 Å². The first-order valence-corrected chi connectivity index (χ1v) is 6.59. The fraction of sp³-hybridized carbons (Fsp3) is 0.500. The second-order valence-electron chi connectivity index (χ2n) is 3.07. The van der Waals surface area contributed by atoms with Gasteiger partial charge in [-0.2, -0.15) is 0 Å². The molecule has 0 fully saturated rings. The first-order valence-electron chi connectivity index (χ1n) is 5.15. The molecule has 0 atom stereocenters. The summed E-state index contributed by atoms with van der Waals surface area (Å²) in [7, 11) is 0. The standard InChI is InChI=1S/C6H9ClO2.C4H5ClO.C2H5ClO.H2/c1-5(2)6(8)9-4-3-7;1-3(2)4(5)6;3-1-2-4;/h1,3-4H2,2H3;1H2,2H3;4H,1-2H2;1H/i;;;1+1. The van der Waals surface area contributed by atoms with E-state index in [1.807, 2.05) is 0 Å². The lowest BCUT2D eigenvalue weighted by Crippen LogP contribution is -2.06. The highest BCUT2D eigenvalue weighted by Gasteiger charge is 1.99. The molecular weight excluding hydrogens is 314 g/mol. The van der Waals surface area contributed by atoms with Crippen molar-refractivity contribution in [2.75, 3.05) is 25.0 Å². The summed E-state index contributed by atoms with van der Waals surface area (Å²) in [5.74, 6) is 0.301. The summed E-state index contributed by atoms with van der Waals surface area (Å²) in [4.78, 5) is 20.3. The van der Waals surface area contributed by atoms with E-state index in [2.05, 4.69) is 17.9 Å². The van der Waals surface area contributed by atoms with Crippen LogP contribution >= 0.6 is 34.8 Å². The van der Waals surface area contributed by atoms with Gasteiger partial charge in [-0.25, -0.2) is 4.79 Å². The lowest BCUT2D eigenvalue weighted by atomic mass is 10.4. The number of hydrogen-bond acceptors (Lipinski definition) is 4. The number of aliphatic hydroxyl groups is 1. The third-order valence-electron chi connectivity index (χ3n) is 1.08. The van der Waals surface area contributed by atoms with Crippen LogP contribution in [-0.4, -0.2) is 41.3 Å². The third-order valence-corrected chi connectivity index (χ3v) is 1.72. The normalized spacial score (nSPS) is 8.11. The number of halogens is 3. The molecule has 0 aliphatic heterocycles. The Kier molecular flexibility index (Phi) is 21.6. The molecule has 0 unspecified atom stereocenters. The van der Waals surface area contributed by atoms with Gasteiger partial charge in [0.25, 0.3) is 0 Å². The Morgan fingerprint density at radius 1 is 1.16 bits per heavy atom. The van der Waals surface area contributed by atoms with E-state index >= 15 is 0 Å². The van der Waals surface area contributed by atoms with Crippen LogP contribution in [0.15, 0.2) is 24.3 Å². The number of carbonyl (C=O) groups excluding carboxylic acids is 2. The molecule has 0 aliphatic rings. The van der Waals surface area contributed by atoms with Crippen molar-refractivity contribution in [3.63, 3.8) is 0 Å². The molecule has 0 rings (SSSR count). The van der Waals surface area contributed by atoms with Gasteiger partial charge in [-0.15, -0.1) is 23.2 Å². The molecule has 4 nitrogen and oxygen atoms in total. The van der Waals surface area contributed by atoms with Gasteiger partial charge in [-0.05, 0) is 25.4 Å². The van der Waals surface area contributed by atoms with E-state index in [9.17, 15) is 9.59 Å². The summed E-state index contributed by atoms with van der Waals surface area (Å²) in [6.07, 6.45) is 0. The summed E-state index contributed by atoms with van der Waals surface area (Å²) >= 11 is 15.1. The van der Waals surface area contributed by atoms with Crippen molar-refractivity contribution in [1.29, 1.82) is 0 Å². The van der Waals surface area contributed by atoms with Crippen molar-refractivity contribution in [2.24, 2.45) is 0 Å². The predicted molar refractivity (Wildman–Crippen MR) is 82.1 cm³/mol. The van der Waals surface area contributed by atoms with Crippen molar-refractivity contribution < 1.29 is 20.9 Å². The highest BCUT2D eigenvalue weighted by Crippen LogP contribution is 1.91. The van der Waals surface area contributed by atoms with Crippen LogP contribution in [0.2, 0.25) is 0 Å². The fourth-order valence-electron chi connectivity index (χ4n) is 0.254. The molecule has 0 aromatic heterocycles. The number of esters is 1. The molecule has 0 radical (unpaired) electrons. The molecule has 114 valence electrons. The Morgan fingerprint density at radius 2 is 1.53 bits per heavy atom. The van der Waals surface area contributed by atoms with E-state index in [0.717, 1.165) is 0 Å². The second kappa shape index (κ2) is 17.4. The number of alkyl halides is 2. The summed E-state index contributed by atoms with van der Waals surface area (Å²) in [5.41, 5.74) is 0.789. The molecular formula is C12H21Cl3O4. The van der Waals surface area contributed by atoms with Crippen LogP contribution < -0.4 is 0 Å². The maximum atomic E-state index is 10.5. The van der Waals surface area contributed by atoms with E-state index in [1.165, 1.54) is 0 Å². The van der Waals surface area contributed by atoms with Gasteiger partial charge in [0.05, 0.1) is 12.5 Å². The maximum Gasteiger partial charge on any atom is 0.333 e. The van der Waals surface area contributed by atoms with Crippen molar-refractivity contribution in [2.45, 2.75) is 13.8 Å². The molecule has 0 bridgehead atoms. The SMILES string of the molecule is C=C(C)C(=O)Cl.C=C(C)C(=O)OCCCl.OCCCl.[2HH]. The van der Waals surface area contributed by atoms with Crippen LogP contribution in [-0.2, 0) is 14.3 Å². The van der Waals surface area contributed by atoms with Gasteiger partial charge in [0.1, 0.15) is 6.61 Å². The van der Waals surface area contributed by atoms with E-state index < -0.39 is 5.24 Å². The molecule has 0 aromatic rings. The smallest absolute Gasteiger partial charge is 0.333 e. The summed E-state index contributed by atoms with van der Waals surface area (Å²) in [6, 6.07) is 0. The van der Waals surface area contributed by atoms with E-state index in [4.69, 9.17) is 39.9 Å². The average Bonchev–Trinajstić information content (AvgIpc) is 2.36. The molecule has 0 aliphatic carbocycles. The fourth-order valence-corrected chi connectivity index (χ4v) is 0.332. The quantitative estimate of drug-likeness (QED) is 0.362. The third kappa shape index (κ3) is 26.9. The Balaban J connectivity index is -0.000000102. The van der Waals surface area contributed by atoms with Crippen LogP contribution in [0.1, 0.15) is 15.3 Å². The molecule has 7 heteroatoms. The minimum Gasteiger partial charge on any atom is -0.461 e. The van der Waals surface area contributed by atoms with E-state index in [-0.39, 0.29) is 20.6 Å². The van der Waals surface area contributed by atoms with Gasteiger partial charge in [0.15, 0.2) is 0 Å². The van der Waals surface area contributed by atoms with Gasteiger partial charge in [0.2, 0.25) is 5.24 Å². The monoisotopic (exact) mass is 335 g/mol. The van der Waals surface area contributed by atoms with Crippen molar-refractivity contribution in [3.8, 4) is 0 Å². The molecule has 0 saturated carbocycles. The molecule has 0 heterocycles. The number of rotatable bonds is 5. The number of carbonyl (C=O) groups is 2. The highest BCUT2D eigenvalue weighted by atomic mass is 35.5.